The Kier molecular flexibility index (Phi) is 4.95. The average Bonchev–Trinajstić information content (AvgIpc) is 2.74. The third-order valence-electron chi connectivity index (χ3n) is 2.52. The number of hydrogen-bond acceptors (Lipinski definition) is 5. The summed E-state index contributed by atoms with van der Waals surface area (Å²) in [4.78, 5) is 1.11. The van der Waals surface area contributed by atoms with Crippen molar-refractivity contribution in [1.29, 1.82) is 0 Å². The van der Waals surface area contributed by atoms with E-state index in [4.69, 9.17) is 0 Å². The van der Waals surface area contributed by atoms with Gasteiger partial charge < -0.3 is 5.32 Å². The van der Waals surface area contributed by atoms with E-state index in [1.165, 1.54) is 5.56 Å². The van der Waals surface area contributed by atoms with E-state index in [0.717, 1.165) is 21.1 Å². The minimum Gasteiger partial charge on any atom is -0.310 e. The molecule has 5 nitrogen and oxygen atoms in total. The molecule has 1 aromatic heterocycles. The summed E-state index contributed by atoms with van der Waals surface area (Å²) in [5.74, 6) is 0. The predicted octanol–water partition coefficient (Wildman–Crippen LogP) is 2.62. The van der Waals surface area contributed by atoms with Crippen LogP contribution in [0.25, 0.3) is 0 Å². The molecule has 7 heteroatoms. The van der Waals surface area contributed by atoms with E-state index in [1.807, 2.05) is 7.05 Å². The number of benzene rings is 1. The zero-order chi connectivity index (χ0) is 13.8. The Morgan fingerprint density at radius 3 is 2.79 bits per heavy atom. The first-order valence-corrected chi connectivity index (χ1v) is 7.59. The van der Waals surface area contributed by atoms with E-state index < -0.39 is 0 Å². The number of halogens is 1. The lowest BCUT2D eigenvalue weighted by Gasteiger charge is -2.10. The minimum atomic E-state index is 0.477. The summed E-state index contributed by atoms with van der Waals surface area (Å²) < 4.78 is 2.76. The second-order valence-corrected chi connectivity index (χ2v) is 6.37. The summed E-state index contributed by atoms with van der Waals surface area (Å²) in [5.41, 5.74) is 1.24. The summed E-state index contributed by atoms with van der Waals surface area (Å²) in [7, 11) is 1.83. The highest BCUT2D eigenvalue weighted by molar-refractivity contribution is 9.10. The molecule has 0 atom stereocenters. The SMILES string of the molecule is CC(C)NCc1ccc(Sc2nnnn2C)cc1Br. The Hall–Kier alpha value is -0.920. The molecule has 102 valence electrons. The van der Waals surface area contributed by atoms with Gasteiger partial charge in [0.25, 0.3) is 0 Å². The standard InChI is InChI=1S/C12H16BrN5S/c1-8(2)14-7-9-4-5-10(6-11(9)13)19-12-15-16-17-18(12)3/h4-6,8,14H,7H2,1-3H3. The van der Waals surface area contributed by atoms with Gasteiger partial charge in [0.2, 0.25) is 5.16 Å². The fourth-order valence-corrected chi connectivity index (χ4v) is 2.90. The molecule has 0 fully saturated rings. The van der Waals surface area contributed by atoms with Crippen molar-refractivity contribution in [2.45, 2.75) is 36.5 Å². The quantitative estimate of drug-likeness (QED) is 0.905. The van der Waals surface area contributed by atoms with Crippen molar-refractivity contribution in [3.05, 3.63) is 28.2 Å². The van der Waals surface area contributed by atoms with Crippen LogP contribution in [0.3, 0.4) is 0 Å². The minimum absolute atomic E-state index is 0.477. The Balaban J connectivity index is 2.08. The number of aromatic nitrogens is 4. The molecule has 0 amide bonds. The van der Waals surface area contributed by atoms with Gasteiger partial charge in [-0.2, -0.15) is 0 Å². The second-order valence-electron chi connectivity index (χ2n) is 4.48. The highest BCUT2D eigenvalue weighted by atomic mass is 79.9. The van der Waals surface area contributed by atoms with E-state index >= 15 is 0 Å². The fraction of sp³-hybridized carbons (Fsp3) is 0.417. The molecule has 0 aliphatic heterocycles. The lowest BCUT2D eigenvalue weighted by Crippen LogP contribution is -2.21. The number of nitrogens with zero attached hydrogens (tertiary/aromatic N) is 4. The third-order valence-corrected chi connectivity index (χ3v) is 4.27. The number of aryl methyl sites for hydroxylation is 1. The number of rotatable bonds is 5. The van der Waals surface area contributed by atoms with Crippen LogP contribution in [-0.2, 0) is 13.6 Å². The summed E-state index contributed by atoms with van der Waals surface area (Å²) >= 11 is 5.15. The van der Waals surface area contributed by atoms with Crippen LogP contribution in [0.2, 0.25) is 0 Å². The summed E-state index contributed by atoms with van der Waals surface area (Å²) in [6, 6.07) is 6.77. The van der Waals surface area contributed by atoms with Crippen LogP contribution in [0.5, 0.6) is 0 Å². The largest absolute Gasteiger partial charge is 0.310 e. The Bertz CT molecular complexity index is 555. The highest BCUT2D eigenvalue weighted by Gasteiger charge is 2.07. The molecule has 2 aromatic rings. The molecule has 19 heavy (non-hydrogen) atoms. The third kappa shape index (κ3) is 4.02. The maximum Gasteiger partial charge on any atom is 0.213 e. The molecule has 0 bridgehead atoms. The van der Waals surface area contributed by atoms with E-state index in [2.05, 4.69) is 68.8 Å². The van der Waals surface area contributed by atoms with Crippen LogP contribution < -0.4 is 5.32 Å². The van der Waals surface area contributed by atoms with Gasteiger partial charge in [-0.25, -0.2) is 4.68 Å². The summed E-state index contributed by atoms with van der Waals surface area (Å²) in [6.07, 6.45) is 0. The van der Waals surface area contributed by atoms with Gasteiger partial charge in [-0.05, 0) is 39.9 Å². The van der Waals surface area contributed by atoms with Crippen molar-refractivity contribution in [1.82, 2.24) is 25.5 Å². The molecule has 0 saturated carbocycles. The van der Waals surface area contributed by atoms with Gasteiger partial charge in [0.05, 0.1) is 0 Å². The molecule has 1 heterocycles. The Morgan fingerprint density at radius 2 is 2.21 bits per heavy atom. The molecule has 0 spiro atoms. The van der Waals surface area contributed by atoms with Crippen molar-refractivity contribution >= 4 is 27.7 Å². The predicted molar refractivity (Wildman–Crippen MR) is 79.0 cm³/mol. The molecular formula is C12H16BrN5S. The molecule has 0 aliphatic rings. The normalized spacial score (nSPS) is 11.2. The maximum absolute atomic E-state index is 3.96. The number of nitrogens with one attached hydrogen (secondary N) is 1. The molecule has 1 N–H and O–H groups in total. The van der Waals surface area contributed by atoms with Gasteiger partial charge >= 0.3 is 0 Å². The van der Waals surface area contributed by atoms with Gasteiger partial charge in [0.1, 0.15) is 0 Å². The van der Waals surface area contributed by atoms with Crippen molar-refractivity contribution in [2.75, 3.05) is 0 Å². The van der Waals surface area contributed by atoms with Crippen molar-refractivity contribution in [3.8, 4) is 0 Å². The maximum atomic E-state index is 3.96. The Morgan fingerprint density at radius 1 is 1.42 bits per heavy atom. The van der Waals surface area contributed by atoms with Crippen LogP contribution >= 0.6 is 27.7 Å². The van der Waals surface area contributed by atoms with Gasteiger partial charge in [0.15, 0.2) is 0 Å². The molecule has 1 aromatic carbocycles. The van der Waals surface area contributed by atoms with E-state index in [0.29, 0.717) is 6.04 Å². The average molecular weight is 342 g/mol. The molecule has 0 unspecified atom stereocenters. The first-order valence-electron chi connectivity index (χ1n) is 5.98. The zero-order valence-corrected chi connectivity index (χ0v) is 13.5. The number of hydrogen-bond donors (Lipinski definition) is 1. The van der Waals surface area contributed by atoms with E-state index in [-0.39, 0.29) is 0 Å². The highest BCUT2D eigenvalue weighted by Crippen LogP contribution is 2.29. The van der Waals surface area contributed by atoms with E-state index in [9.17, 15) is 0 Å². The molecule has 0 radical (unpaired) electrons. The molecule has 0 saturated heterocycles. The van der Waals surface area contributed by atoms with Crippen LogP contribution in [-0.4, -0.2) is 26.2 Å². The molecular weight excluding hydrogens is 326 g/mol. The first-order chi connectivity index (χ1) is 9.06. The van der Waals surface area contributed by atoms with Crippen molar-refractivity contribution in [2.24, 2.45) is 7.05 Å². The number of tetrazole rings is 1. The van der Waals surface area contributed by atoms with Crippen LogP contribution in [0.4, 0.5) is 0 Å². The fourth-order valence-electron chi connectivity index (χ4n) is 1.46. The van der Waals surface area contributed by atoms with Gasteiger partial charge in [-0.1, -0.05) is 35.8 Å². The monoisotopic (exact) mass is 341 g/mol. The van der Waals surface area contributed by atoms with E-state index in [1.54, 1.807) is 16.4 Å². The summed E-state index contributed by atoms with van der Waals surface area (Å²) in [5, 5.41) is 15.6. The van der Waals surface area contributed by atoms with Crippen molar-refractivity contribution in [3.63, 3.8) is 0 Å². The van der Waals surface area contributed by atoms with Crippen LogP contribution in [0.1, 0.15) is 19.4 Å². The van der Waals surface area contributed by atoms with Crippen LogP contribution in [0, 0.1) is 0 Å². The van der Waals surface area contributed by atoms with Gasteiger partial charge in [0, 0.05) is 29.0 Å². The topological polar surface area (TPSA) is 55.6 Å². The second kappa shape index (κ2) is 6.49. The zero-order valence-electron chi connectivity index (χ0n) is 11.1. The lowest BCUT2D eigenvalue weighted by molar-refractivity contribution is 0.587. The van der Waals surface area contributed by atoms with Crippen molar-refractivity contribution < 1.29 is 0 Å². The molecule has 0 aliphatic carbocycles. The molecule has 2 rings (SSSR count). The lowest BCUT2D eigenvalue weighted by atomic mass is 10.2. The smallest absolute Gasteiger partial charge is 0.213 e. The van der Waals surface area contributed by atoms with Gasteiger partial charge in [-0.15, -0.1) is 5.10 Å². The Labute approximate surface area is 125 Å². The summed E-state index contributed by atoms with van der Waals surface area (Å²) in [6.45, 7) is 5.13. The van der Waals surface area contributed by atoms with Crippen LogP contribution in [0.15, 0.2) is 32.7 Å². The van der Waals surface area contributed by atoms with Gasteiger partial charge in [-0.3, -0.25) is 0 Å². The first kappa shape index (κ1) is 14.5.